The van der Waals surface area contributed by atoms with E-state index in [-0.39, 0.29) is 41.7 Å². The summed E-state index contributed by atoms with van der Waals surface area (Å²) in [5.41, 5.74) is 0.913. The van der Waals surface area contributed by atoms with Crippen LogP contribution in [0.5, 0.6) is 0 Å². The van der Waals surface area contributed by atoms with Gasteiger partial charge in [-0.1, -0.05) is 23.9 Å². The van der Waals surface area contributed by atoms with Gasteiger partial charge in [-0.15, -0.1) is 11.3 Å². The number of sulfone groups is 1. The lowest BCUT2D eigenvalue weighted by molar-refractivity contribution is -0.134. The fraction of sp³-hybridized carbons (Fsp3) is 0.471. The van der Waals surface area contributed by atoms with Crippen molar-refractivity contribution >= 4 is 55.0 Å². The second-order valence-electron chi connectivity index (χ2n) is 6.31. The van der Waals surface area contributed by atoms with Crippen LogP contribution in [0, 0.1) is 0 Å². The van der Waals surface area contributed by atoms with Crippen LogP contribution in [0.2, 0.25) is 0 Å². The molecule has 2 amide bonds. The Kier molecular flexibility index (Phi) is 6.38. The van der Waals surface area contributed by atoms with Gasteiger partial charge in [0, 0.05) is 12.6 Å². The highest BCUT2D eigenvalue weighted by Gasteiger charge is 2.29. The van der Waals surface area contributed by atoms with Crippen molar-refractivity contribution in [1.82, 2.24) is 15.2 Å². The number of nitrogens with one attached hydrogen (secondary N) is 1. The molecule has 0 radical (unpaired) electrons. The first kappa shape index (κ1) is 20.1. The van der Waals surface area contributed by atoms with Crippen LogP contribution in [0.3, 0.4) is 0 Å². The van der Waals surface area contributed by atoms with E-state index >= 15 is 0 Å². The topological polar surface area (TPSA) is 96.4 Å². The van der Waals surface area contributed by atoms with Crippen LogP contribution in [0.1, 0.15) is 13.3 Å². The third-order valence-corrected chi connectivity index (χ3v) is 8.19. The maximum Gasteiger partial charge on any atom is 0.239 e. The van der Waals surface area contributed by atoms with Crippen LogP contribution in [-0.2, 0) is 19.4 Å². The number of benzene rings is 1. The van der Waals surface area contributed by atoms with Crippen molar-refractivity contribution in [3.05, 3.63) is 24.3 Å². The lowest BCUT2D eigenvalue weighted by Crippen LogP contribution is -2.45. The van der Waals surface area contributed by atoms with E-state index in [0.717, 1.165) is 14.6 Å². The Balaban J connectivity index is 1.50. The number of likely N-dealkylation sites (N-methyl/N-ethyl adjacent to an activating group) is 1. The minimum atomic E-state index is -3.05. The van der Waals surface area contributed by atoms with E-state index in [2.05, 4.69) is 10.3 Å². The Hall–Kier alpha value is -1.65. The molecule has 2 aromatic rings. The zero-order chi connectivity index (χ0) is 19.4. The van der Waals surface area contributed by atoms with E-state index in [9.17, 15) is 18.0 Å². The average Bonchev–Trinajstić information content (AvgIpc) is 3.19. The van der Waals surface area contributed by atoms with Crippen LogP contribution >= 0.6 is 23.1 Å². The van der Waals surface area contributed by atoms with Crippen molar-refractivity contribution in [2.75, 3.05) is 30.3 Å². The third kappa shape index (κ3) is 5.43. The molecule has 1 fully saturated rings. The predicted molar refractivity (Wildman–Crippen MR) is 108 cm³/mol. The zero-order valence-electron chi connectivity index (χ0n) is 14.9. The molecule has 1 aliphatic rings. The third-order valence-electron chi connectivity index (χ3n) is 4.26. The summed E-state index contributed by atoms with van der Waals surface area (Å²) in [6, 6.07) is 7.45. The monoisotopic (exact) mass is 427 g/mol. The first-order chi connectivity index (χ1) is 12.9. The van der Waals surface area contributed by atoms with Crippen LogP contribution in [0.15, 0.2) is 28.6 Å². The highest BCUT2D eigenvalue weighted by atomic mass is 32.2. The van der Waals surface area contributed by atoms with Crippen molar-refractivity contribution in [2.45, 2.75) is 23.7 Å². The second kappa shape index (κ2) is 8.57. The number of para-hydroxylation sites is 1. The standard InChI is InChI=1S/C17H21N3O4S3/c1-2-20(9-15(21)18-12-7-8-27(23,24)11-12)16(22)10-25-17-19-13-5-3-4-6-14(13)26-17/h3-6,12H,2,7-11H2,1H3,(H,18,21). The molecule has 146 valence electrons. The number of nitrogens with zero attached hydrogens (tertiary/aromatic N) is 2. The molecule has 1 aromatic carbocycles. The van der Waals surface area contributed by atoms with Crippen LogP contribution in [0.4, 0.5) is 0 Å². The summed E-state index contributed by atoms with van der Waals surface area (Å²) in [4.78, 5) is 30.6. The summed E-state index contributed by atoms with van der Waals surface area (Å²) >= 11 is 2.90. The molecule has 1 saturated heterocycles. The first-order valence-electron chi connectivity index (χ1n) is 8.62. The van der Waals surface area contributed by atoms with Crippen LogP contribution in [0.25, 0.3) is 10.2 Å². The van der Waals surface area contributed by atoms with Crippen molar-refractivity contribution in [3.63, 3.8) is 0 Å². The molecular formula is C17H21N3O4S3. The summed E-state index contributed by atoms with van der Waals surface area (Å²) in [6.07, 6.45) is 0.432. The lowest BCUT2D eigenvalue weighted by atomic mass is 10.2. The van der Waals surface area contributed by atoms with Crippen molar-refractivity contribution in [2.24, 2.45) is 0 Å². The van der Waals surface area contributed by atoms with Crippen molar-refractivity contribution in [3.8, 4) is 0 Å². The van der Waals surface area contributed by atoms with E-state index in [1.165, 1.54) is 28.0 Å². The first-order valence-corrected chi connectivity index (χ1v) is 12.2. The number of fused-ring (bicyclic) bond motifs is 1. The maximum absolute atomic E-state index is 12.4. The quantitative estimate of drug-likeness (QED) is 0.674. The molecule has 0 aliphatic carbocycles. The van der Waals surface area contributed by atoms with E-state index in [4.69, 9.17) is 0 Å². The van der Waals surface area contributed by atoms with Gasteiger partial charge in [0.25, 0.3) is 0 Å². The summed E-state index contributed by atoms with van der Waals surface area (Å²) in [7, 11) is -3.05. The summed E-state index contributed by atoms with van der Waals surface area (Å²) in [6.45, 7) is 2.16. The maximum atomic E-state index is 12.4. The van der Waals surface area contributed by atoms with Crippen LogP contribution < -0.4 is 5.32 Å². The van der Waals surface area contributed by atoms with Gasteiger partial charge in [0.2, 0.25) is 11.8 Å². The molecule has 1 N–H and O–H groups in total. The molecule has 27 heavy (non-hydrogen) atoms. The fourth-order valence-corrected chi connectivity index (χ4v) is 6.50. The molecule has 1 unspecified atom stereocenters. The number of hydrogen-bond acceptors (Lipinski definition) is 7. The Morgan fingerprint density at radius 1 is 1.37 bits per heavy atom. The molecule has 0 bridgehead atoms. The average molecular weight is 428 g/mol. The highest BCUT2D eigenvalue weighted by Crippen LogP contribution is 2.29. The second-order valence-corrected chi connectivity index (χ2v) is 10.8. The number of amides is 2. The van der Waals surface area contributed by atoms with E-state index in [1.807, 2.05) is 31.2 Å². The van der Waals surface area contributed by atoms with Crippen LogP contribution in [-0.4, -0.2) is 66.5 Å². The molecular weight excluding hydrogens is 406 g/mol. The fourth-order valence-electron chi connectivity index (χ4n) is 2.86. The van der Waals surface area contributed by atoms with Gasteiger partial charge in [0.15, 0.2) is 14.2 Å². The minimum Gasteiger partial charge on any atom is -0.351 e. The van der Waals surface area contributed by atoms with E-state index < -0.39 is 9.84 Å². The normalized spacial score (nSPS) is 18.5. The number of carbonyl (C=O) groups is 2. The van der Waals surface area contributed by atoms with Gasteiger partial charge in [0.05, 0.1) is 34.0 Å². The molecule has 0 saturated carbocycles. The van der Waals surface area contributed by atoms with Gasteiger partial charge in [0.1, 0.15) is 0 Å². The van der Waals surface area contributed by atoms with Crippen molar-refractivity contribution < 1.29 is 18.0 Å². The van der Waals surface area contributed by atoms with Gasteiger partial charge in [-0.2, -0.15) is 0 Å². The molecule has 1 atom stereocenters. The molecule has 10 heteroatoms. The number of thiazole rings is 1. The minimum absolute atomic E-state index is 0.0216. The van der Waals surface area contributed by atoms with Crippen molar-refractivity contribution in [1.29, 1.82) is 0 Å². The Morgan fingerprint density at radius 3 is 2.81 bits per heavy atom. The largest absolute Gasteiger partial charge is 0.351 e. The Bertz CT molecular complexity index is 909. The van der Waals surface area contributed by atoms with Gasteiger partial charge >= 0.3 is 0 Å². The molecule has 7 nitrogen and oxygen atoms in total. The molecule has 1 aromatic heterocycles. The molecule has 3 rings (SSSR count). The summed E-state index contributed by atoms with van der Waals surface area (Å²) in [5.74, 6) is -0.175. The predicted octanol–water partition coefficient (Wildman–Crippen LogP) is 1.54. The van der Waals surface area contributed by atoms with Gasteiger partial charge < -0.3 is 10.2 Å². The number of thioether (sulfide) groups is 1. The van der Waals surface area contributed by atoms with E-state index in [0.29, 0.717) is 13.0 Å². The number of hydrogen-bond donors (Lipinski definition) is 1. The molecule has 0 spiro atoms. The van der Waals surface area contributed by atoms with Gasteiger partial charge in [-0.25, -0.2) is 13.4 Å². The molecule has 2 heterocycles. The van der Waals surface area contributed by atoms with E-state index in [1.54, 1.807) is 0 Å². The smallest absolute Gasteiger partial charge is 0.239 e. The van der Waals surface area contributed by atoms with Gasteiger partial charge in [-0.05, 0) is 25.5 Å². The van der Waals surface area contributed by atoms with Gasteiger partial charge in [-0.3, -0.25) is 9.59 Å². The number of carbonyl (C=O) groups excluding carboxylic acids is 2. The Morgan fingerprint density at radius 2 is 2.15 bits per heavy atom. The molecule has 1 aliphatic heterocycles. The number of aromatic nitrogens is 1. The summed E-state index contributed by atoms with van der Waals surface area (Å²) < 4.78 is 24.8. The SMILES string of the molecule is CCN(CC(=O)NC1CCS(=O)(=O)C1)C(=O)CSc1nc2ccccc2s1. The highest BCUT2D eigenvalue weighted by molar-refractivity contribution is 8.01. The zero-order valence-corrected chi connectivity index (χ0v) is 17.3. The lowest BCUT2D eigenvalue weighted by Gasteiger charge is -2.21. The number of rotatable bonds is 7. The Labute approximate surface area is 166 Å². The summed E-state index contributed by atoms with van der Waals surface area (Å²) in [5, 5.41) is 2.72.